The Morgan fingerprint density at radius 1 is 0.974 bits per heavy atom. The van der Waals surface area contributed by atoms with Crippen LogP contribution >= 0.6 is 23.2 Å². The number of benzene rings is 3. The Balaban J connectivity index is 2.07. The highest BCUT2D eigenvalue weighted by Crippen LogP contribution is 2.30. The number of hydrogen-bond donors (Lipinski definition) is 1. The minimum absolute atomic E-state index is 0.0905. The van der Waals surface area contributed by atoms with E-state index in [1.807, 2.05) is 68.4 Å². The van der Waals surface area contributed by atoms with Crippen LogP contribution in [0.15, 0.2) is 72.8 Å². The lowest BCUT2D eigenvalue weighted by Crippen LogP contribution is -2.53. The largest absolute Gasteiger partial charge is 0.354 e. The summed E-state index contributed by atoms with van der Waals surface area (Å²) >= 11 is 12.4. The summed E-state index contributed by atoms with van der Waals surface area (Å²) in [4.78, 5) is 29.0. The van der Waals surface area contributed by atoms with Crippen LogP contribution in [0.3, 0.4) is 0 Å². The van der Waals surface area contributed by atoms with E-state index in [9.17, 15) is 18.0 Å². The lowest BCUT2D eigenvalue weighted by molar-refractivity contribution is -0.140. The van der Waals surface area contributed by atoms with Gasteiger partial charge in [-0.05, 0) is 48.2 Å². The lowest BCUT2D eigenvalue weighted by Gasteiger charge is -2.34. The Bertz CT molecular complexity index is 1400. The molecule has 10 heteroatoms. The summed E-state index contributed by atoms with van der Waals surface area (Å²) in [5.41, 5.74) is 2.80. The number of anilines is 1. The van der Waals surface area contributed by atoms with Crippen molar-refractivity contribution in [2.45, 2.75) is 39.3 Å². The molecule has 0 fully saturated rings. The van der Waals surface area contributed by atoms with E-state index in [4.69, 9.17) is 23.2 Å². The Morgan fingerprint density at radius 3 is 2.26 bits per heavy atom. The van der Waals surface area contributed by atoms with E-state index < -0.39 is 28.5 Å². The molecule has 208 valence electrons. The lowest BCUT2D eigenvalue weighted by atomic mass is 10.0. The Kier molecular flexibility index (Phi) is 10.8. The number of carbonyl (C=O) groups is 2. The first-order valence-corrected chi connectivity index (χ1v) is 15.2. The van der Waals surface area contributed by atoms with Gasteiger partial charge in [0.25, 0.3) is 0 Å². The van der Waals surface area contributed by atoms with Crippen LogP contribution in [0.1, 0.15) is 30.0 Å². The summed E-state index contributed by atoms with van der Waals surface area (Å²) in [6.07, 6.45) is 1.99. The SMILES string of the molecule is CCCNC(=O)[C@H](Cc1ccccc1)N(Cc1ccccc1C)C(=O)CN(c1ccc(Cl)cc1Cl)S(C)(=O)=O. The number of carbonyl (C=O) groups excluding carboxylic acids is 2. The molecule has 3 rings (SSSR count). The van der Waals surface area contributed by atoms with Crippen molar-refractivity contribution in [2.24, 2.45) is 0 Å². The molecule has 39 heavy (non-hydrogen) atoms. The maximum Gasteiger partial charge on any atom is 0.244 e. The molecule has 1 N–H and O–H groups in total. The average molecular weight is 591 g/mol. The second kappa shape index (κ2) is 13.8. The average Bonchev–Trinajstić information content (AvgIpc) is 2.89. The molecule has 0 aliphatic heterocycles. The van der Waals surface area contributed by atoms with Gasteiger partial charge in [0, 0.05) is 24.5 Å². The fourth-order valence-corrected chi connectivity index (χ4v) is 5.59. The molecular weight excluding hydrogens is 557 g/mol. The van der Waals surface area contributed by atoms with Crippen LogP contribution in [0.5, 0.6) is 0 Å². The van der Waals surface area contributed by atoms with Gasteiger partial charge in [-0.15, -0.1) is 0 Å². The number of halogens is 2. The third-order valence-electron chi connectivity index (χ3n) is 6.28. The smallest absolute Gasteiger partial charge is 0.244 e. The van der Waals surface area contributed by atoms with E-state index in [1.165, 1.54) is 23.1 Å². The predicted octanol–water partition coefficient (Wildman–Crippen LogP) is 5.23. The fraction of sp³-hybridized carbons (Fsp3) is 0.310. The standard InChI is InChI=1S/C29H33Cl2N3O4S/c1-4-16-32-29(36)27(17-22-11-6-5-7-12-22)33(19-23-13-9-8-10-21(23)2)28(35)20-34(39(3,37)38)26-15-14-24(30)18-25(26)31/h5-15,18,27H,4,16-17,19-20H2,1-3H3,(H,32,36)/t27-/m0/s1. The van der Waals surface area contributed by atoms with Crippen molar-refractivity contribution in [3.05, 3.63) is 99.5 Å². The van der Waals surface area contributed by atoms with E-state index in [1.54, 1.807) is 0 Å². The van der Waals surface area contributed by atoms with E-state index in [-0.39, 0.29) is 29.6 Å². The van der Waals surface area contributed by atoms with Crippen molar-refractivity contribution in [1.29, 1.82) is 0 Å². The van der Waals surface area contributed by atoms with Crippen LogP contribution in [0.2, 0.25) is 10.0 Å². The molecule has 7 nitrogen and oxygen atoms in total. The first kappa shape index (κ1) is 30.5. The van der Waals surface area contributed by atoms with Crippen molar-refractivity contribution < 1.29 is 18.0 Å². The number of hydrogen-bond acceptors (Lipinski definition) is 4. The van der Waals surface area contributed by atoms with Gasteiger partial charge in [0.1, 0.15) is 12.6 Å². The number of aryl methyl sites for hydroxylation is 1. The third kappa shape index (κ3) is 8.46. The molecule has 0 aromatic heterocycles. The molecule has 0 spiro atoms. The molecule has 0 aliphatic carbocycles. The van der Waals surface area contributed by atoms with Gasteiger partial charge < -0.3 is 10.2 Å². The highest BCUT2D eigenvalue weighted by atomic mass is 35.5. The van der Waals surface area contributed by atoms with Gasteiger partial charge in [0.05, 0.1) is 17.0 Å². The molecule has 0 aliphatic rings. The number of nitrogens with one attached hydrogen (secondary N) is 1. The number of rotatable bonds is 12. The summed E-state index contributed by atoms with van der Waals surface area (Å²) in [6.45, 7) is 3.90. The van der Waals surface area contributed by atoms with Gasteiger partial charge in [0.15, 0.2) is 0 Å². The predicted molar refractivity (Wildman–Crippen MR) is 158 cm³/mol. The normalized spacial score (nSPS) is 12.0. The molecule has 0 radical (unpaired) electrons. The molecule has 0 saturated heterocycles. The van der Waals surface area contributed by atoms with Crippen molar-refractivity contribution >= 4 is 50.7 Å². The van der Waals surface area contributed by atoms with Crippen LogP contribution in [0.25, 0.3) is 0 Å². The van der Waals surface area contributed by atoms with E-state index in [2.05, 4.69) is 5.32 Å². The maximum absolute atomic E-state index is 14.0. The number of nitrogens with zero attached hydrogens (tertiary/aromatic N) is 2. The van der Waals surface area contributed by atoms with Crippen molar-refractivity contribution in [1.82, 2.24) is 10.2 Å². The minimum atomic E-state index is -3.92. The summed E-state index contributed by atoms with van der Waals surface area (Å²) in [5, 5.41) is 3.34. The van der Waals surface area contributed by atoms with Crippen LogP contribution in [-0.4, -0.2) is 50.5 Å². The Morgan fingerprint density at radius 2 is 1.64 bits per heavy atom. The Labute approximate surface area is 240 Å². The van der Waals surface area contributed by atoms with Crippen LogP contribution in [0.4, 0.5) is 5.69 Å². The molecule has 1 atom stereocenters. The third-order valence-corrected chi connectivity index (χ3v) is 7.94. The molecule has 0 bridgehead atoms. The highest BCUT2D eigenvalue weighted by molar-refractivity contribution is 7.92. The molecule has 3 aromatic carbocycles. The van der Waals surface area contributed by atoms with E-state index >= 15 is 0 Å². The van der Waals surface area contributed by atoms with E-state index in [0.29, 0.717) is 11.6 Å². The van der Waals surface area contributed by atoms with Gasteiger partial charge in [-0.3, -0.25) is 13.9 Å². The van der Waals surface area contributed by atoms with Gasteiger partial charge in [-0.25, -0.2) is 8.42 Å². The zero-order valence-corrected chi connectivity index (χ0v) is 24.6. The van der Waals surface area contributed by atoms with Gasteiger partial charge >= 0.3 is 0 Å². The summed E-state index contributed by atoms with van der Waals surface area (Å²) in [7, 11) is -3.92. The fourth-order valence-electron chi connectivity index (χ4n) is 4.17. The van der Waals surface area contributed by atoms with Gasteiger partial charge in [-0.2, -0.15) is 0 Å². The molecule has 3 aromatic rings. The number of amides is 2. The summed E-state index contributed by atoms with van der Waals surface area (Å²) in [5.74, 6) is -0.847. The summed E-state index contributed by atoms with van der Waals surface area (Å²) < 4.78 is 26.7. The highest BCUT2D eigenvalue weighted by Gasteiger charge is 2.33. The van der Waals surface area contributed by atoms with Crippen LogP contribution < -0.4 is 9.62 Å². The van der Waals surface area contributed by atoms with Crippen LogP contribution in [0, 0.1) is 6.92 Å². The molecule has 0 heterocycles. The first-order chi connectivity index (χ1) is 18.5. The zero-order chi connectivity index (χ0) is 28.6. The van der Waals surface area contributed by atoms with Crippen molar-refractivity contribution in [3.8, 4) is 0 Å². The minimum Gasteiger partial charge on any atom is -0.354 e. The number of sulfonamides is 1. The second-order valence-corrected chi connectivity index (χ2v) is 12.1. The van der Waals surface area contributed by atoms with Gasteiger partial charge in [-0.1, -0.05) is 84.7 Å². The Hall–Kier alpha value is -3.07. The monoisotopic (exact) mass is 589 g/mol. The zero-order valence-electron chi connectivity index (χ0n) is 22.2. The molecule has 0 unspecified atom stereocenters. The molecule has 2 amide bonds. The van der Waals surface area contributed by atoms with Crippen molar-refractivity contribution in [3.63, 3.8) is 0 Å². The molecule has 0 saturated carbocycles. The quantitative estimate of drug-likeness (QED) is 0.313. The second-order valence-electron chi connectivity index (χ2n) is 9.31. The maximum atomic E-state index is 14.0. The van der Waals surface area contributed by atoms with Gasteiger partial charge in [0.2, 0.25) is 21.8 Å². The van der Waals surface area contributed by atoms with Crippen molar-refractivity contribution in [2.75, 3.05) is 23.7 Å². The first-order valence-electron chi connectivity index (χ1n) is 12.6. The molecular formula is C29H33Cl2N3O4S. The summed E-state index contributed by atoms with van der Waals surface area (Å²) in [6, 6.07) is 20.5. The van der Waals surface area contributed by atoms with Crippen LogP contribution in [-0.2, 0) is 32.6 Å². The van der Waals surface area contributed by atoms with E-state index in [0.717, 1.165) is 33.7 Å². The topological polar surface area (TPSA) is 86.8 Å².